The number of hydrogen-bond donors (Lipinski definition) is 3. The van der Waals surface area contributed by atoms with E-state index in [0.717, 1.165) is 0 Å². The van der Waals surface area contributed by atoms with Gasteiger partial charge in [0.2, 0.25) is 0 Å². The molecule has 1 aliphatic heterocycles. The molecule has 1 saturated heterocycles. The number of nitrogen functional groups attached to an aromatic ring is 1. The van der Waals surface area contributed by atoms with E-state index >= 15 is 0 Å². The molecule has 1 heterocycles. The third-order valence-electron chi connectivity index (χ3n) is 3.45. The van der Waals surface area contributed by atoms with E-state index in [4.69, 9.17) is 5.73 Å². The van der Waals surface area contributed by atoms with Gasteiger partial charge in [-0.3, -0.25) is 0 Å². The maximum absolute atomic E-state index is 11.2. The smallest absolute Gasteiger partial charge is 0.337 e. The summed E-state index contributed by atoms with van der Waals surface area (Å²) in [4.78, 5) is 13.2. The molecule has 1 aliphatic rings. The minimum Gasteiger partial charge on any atom is -0.478 e. The third-order valence-corrected chi connectivity index (χ3v) is 3.45. The predicted octanol–water partition coefficient (Wildman–Crippen LogP) is 1.17. The molecule has 98 valence electrons. The van der Waals surface area contributed by atoms with Gasteiger partial charge >= 0.3 is 5.97 Å². The van der Waals surface area contributed by atoms with E-state index in [2.05, 4.69) is 0 Å². The van der Waals surface area contributed by atoms with Gasteiger partial charge in [-0.05, 0) is 30.5 Å². The Balaban J connectivity index is 2.32. The van der Waals surface area contributed by atoms with Gasteiger partial charge in [0.05, 0.1) is 17.4 Å². The standard InChI is InChI=1S/C13H18N2O3/c1-8-7-15(5-4-12(8)16)11-6-9(14)2-3-10(11)13(17)18/h2-3,6,8,12,16H,4-5,7,14H2,1H3,(H,17,18). The van der Waals surface area contributed by atoms with E-state index < -0.39 is 5.97 Å². The molecule has 2 rings (SSSR count). The Hall–Kier alpha value is -1.75. The normalized spacial score (nSPS) is 24.0. The maximum Gasteiger partial charge on any atom is 0.337 e. The Labute approximate surface area is 106 Å². The van der Waals surface area contributed by atoms with E-state index in [1.165, 1.54) is 6.07 Å². The number of carboxylic acids is 1. The van der Waals surface area contributed by atoms with Crippen LogP contribution in [0.3, 0.4) is 0 Å². The highest BCUT2D eigenvalue weighted by Crippen LogP contribution is 2.28. The van der Waals surface area contributed by atoms with Crippen LogP contribution in [0.5, 0.6) is 0 Å². The Kier molecular flexibility index (Phi) is 3.43. The fraction of sp³-hybridized carbons (Fsp3) is 0.462. The van der Waals surface area contributed by atoms with Crippen LogP contribution in [0, 0.1) is 5.92 Å². The van der Waals surface area contributed by atoms with Crippen molar-refractivity contribution in [2.24, 2.45) is 5.92 Å². The van der Waals surface area contributed by atoms with Crippen LogP contribution in [0.15, 0.2) is 18.2 Å². The van der Waals surface area contributed by atoms with Gasteiger partial charge in [0.1, 0.15) is 0 Å². The highest BCUT2D eigenvalue weighted by Gasteiger charge is 2.26. The molecule has 0 amide bonds. The van der Waals surface area contributed by atoms with Crippen molar-refractivity contribution in [2.45, 2.75) is 19.4 Å². The summed E-state index contributed by atoms with van der Waals surface area (Å²) in [6.07, 6.45) is 0.338. The topological polar surface area (TPSA) is 86.8 Å². The molecule has 0 spiro atoms. The van der Waals surface area contributed by atoms with Gasteiger partial charge in [-0.15, -0.1) is 0 Å². The fourth-order valence-corrected chi connectivity index (χ4v) is 2.34. The molecule has 2 atom stereocenters. The van der Waals surface area contributed by atoms with Crippen LogP contribution < -0.4 is 10.6 Å². The first kappa shape index (κ1) is 12.7. The number of piperidine rings is 1. The number of nitrogens with zero attached hydrogens (tertiary/aromatic N) is 1. The number of carboxylic acid groups (broad SMARTS) is 1. The highest BCUT2D eigenvalue weighted by molar-refractivity contribution is 5.95. The van der Waals surface area contributed by atoms with Crippen molar-refractivity contribution in [2.75, 3.05) is 23.7 Å². The summed E-state index contributed by atoms with van der Waals surface area (Å²) < 4.78 is 0. The average Bonchev–Trinajstić information content (AvgIpc) is 2.32. The van der Waals surface area contributed by atoms with Gasteiger partial charge in [-0.1, -0.05) is 6.92 Å². The van der Waals surface area contributed by atoms with Crippen LogP contribution in [0.1, 0.15) is 23.7 Å². The van der Waals surface area contributed by atoms with E-state index in [9.17, 15) is 15.0 Å². The Bertz CT molecular complexity index is 462. The second-order valence-electron chi connectivity index (χ2n) is 4.86. The van der Waals surface area contributed by atoms with E-state index in [-0.39, 0.29) is 17.6 Å². The molecule has 18 heavy (non-hydrogen) atoms. The summed E-state index contributed by atoms with van der Waals surface area (Å²) in [6, 6.07) is 4.81. The van der Waals surface area contributed by atoms with Crippen LogP contribution in [-0.4, -0.2) is 35.4 Å². The summed E-state index contributed by atoms with van der Waals surface area (Å²) in [5, 5.41) is 18.9. The van der Waals surface area contributed by atoms with Crippen molar-refractivity contribution in [3.8, 4) is 0 Å². The first-order valence-electron chi connectivity index (χ1n) is 6.05. The molecular formula is C13H18N2O3. The first-order chi connectivity index (χ1) is 8.49. The molecule has 0 aromatic heterocycles. The SMILES string of the molecule is CC1CN(c2cc(N)ccc2C(=O)O)CCC1O. The van der Waals surface area contributed by atoms with Crippen LogP contribution in [0.4, 0.5) is 11.4 Å². The summed E-state index contributed by atoms with van der Waals surface area (Å²) in [7, 11) is 0. The Morgan fingerprint density at radius 2 is 2.22 bits per heavy atom. The van der Waals surface area contributed by atoms with Gasteiger partial charge < -0.3 is 20.8 Å². The number of carbonyl (C=O) groups is 1. The van der Waals surface area contributed by atoms with Crippen molar-refractivity contribution in [1.29, 1.82) is 0 Å². The zero-order valence-electron chi connectivity index (χ0n) is 10.3. The zero-order chi connectivity index (χ0) is 13.3. The molecule has 4 N–H and O–H groups in total. The summed E-state index contributed by atoms with van der Waals surface area (Å²) in [6.45, 7) is 3.25. The lowest BCUT2D eigenvalue weighted by atomic mass is 9.95. The number of anilines is 2. The van der Waals surface area contributed by atoms with Gasteiger partial charge in [0, 0.05) is 18.8 Å². The monoisotopic (exact) mass is 250 g/mol. The second-order valence-corrected chi connectivity index (χ2v) is 4.86. The fourth-order valence-electron chi connectivity index (χ4n) is 2.34. The lowest BCUT2D eigenvalue weighted by Gasteiger charge is -2.36. The molecular weight excluding hydrogens is 232 g/mol. The summed E-state index contributed by atoms with van der Waals surface area (Å²) in [5.41, 5.74) is 7.17. The number of aliphatic hydroxyl groups is 1. The van der Waals surface area contributed by atoms with E-state index in [1.807, 2.05) is 11.8 Å². The van der Waals surface area contributed by atoms with E-state index in [1.54, 1.807) is 12.1 Å². The molecule has 5 heteroatoms. The number of hydrogen-bond acceptors (Lipinski definition) is 4. The van der Waals surface area contributed by atoms with E-state index in [0.29, 0.717) is 30.9 Å². The Morgan fingerprint density at radius 3 is 2.83 bits per heavy atom. The first-order valence-corrected chi connectivity index (χ1v) is 6.05. The molecule has 1 aromatic rings. The third kappa shape index (κ3) is 2.41. The van der Waals surface area contributed by atoms with Gasteiger partial charge in [0.25, 0.3) is 0 Å². The van der Waals surface area contributed by atoms with Crippen LogP contribution >= 0.6 is 0 Å². The van der Waals surface area contributed by atoms with Crippen molar-refractivity contribution in [3.63, 3.8) is 0 Å². The van der Waals surface area contributed by atoms with Gasteiger partial charge in [0.15, 0.2) is 0 Å². The zero-order valence-corrected chi connectivity index (χ0v) is 10.3. The average molecular weight is 250 g/mol. The number of rotatable bonds is 2. The quantitative estimate of drug-likeness (QED) is 0.686. The number of nitrogens with two attached hydrogens (primary N) is 1. The Morgan fingerprint density at radius 1 is 1.50 bits per heavy atom. The minimum atomic E-state index is -0.955. The van der Waals surface area contributed by atoms with Crippen LogP contribution in [0.2, 0.25) is 0 Å². The van der Waals surface area contributed by atoms with Crippen molar-refractivity contribution in [3.05, 3.63) is 23.8 Å². The molecule has 0 bridgehead atoms. The minimum absolute atomic E-state index is 0.127. The second kappa shape index (κ2) is 4.86. The molecule has 0 aliphatic carbocycles. The van der Waals surface area contributed by atoms with Gasteiger partial charge in [-0.25, -0.2) is 4.79 Å². The number of benzene rings is 1. The van der Waals surface area contributed by atoms with Crippen LogP contribution in [0.25, 0.3) is 0 Å². The number of aliphatic hydroxyl groups excluding tert-OH is 1. The molecule has 0 radical (unpaired) electrons. The van der Waals surface area contributed by atoms with Crippen molar-refractivity contribution in [1.82, 2.24) is 0 Å². The molecule has 0 saturated carbocycles. The molecule has 1 fully saturated rings. The maximum atomic E-state index is 11.2. The predicted molar refractivity (Wildman–Crippen MR) is 69.8 cm³/mol. The summed E-state index contributed by atoms with van der Waals surface area (Å²) in [5.74, 6) is -0.828. The number of aromatic carboxylic acids is 1. The molecule has 5 nitrogen and oxygen atoms in total. The molecule has 2 unspecified atom stereocenters. The molecule has 1 aromatic carbocycles. The van der Waals surface area contributed by atoms with Gasteiger partial charge in [-0.2, -0.15) is 0 Å². The largest absolute Gasteiger partial charge is 0.478 e. The summed E-state index contributed by atoms with van der Waals surface area (Å²) >= 11 is 0. The lowest BCUT2D eigenvalue weighted by molar-refractivity contribution is 0.0697. The van der Waals surface area contributed by atoms with Crippen molar-refractivity contribution < 1.29 is 15.0 Å². The van der Waals surface area contributed by atoms with Crippen LogP contribution in [-0.2, 0) is 0 Å². The lowest BCUT2D eigenvalue weighted by Crippen LogP contribution is -2.42. The highest BCUT2D eigenvalue weighted by atomic mass is 16.4. The van der Waals surface area contributed by atoms with Crippen molar-refractivity contribution >= 4 is 17.3 Å².